The highest BCUT2D eigenvalue weighted by atomic mass is 31.2. The molecule has 0 amide bonds. The monoisotopic (exact) mass is 1580 g/mol. The second-order valence-corrected chi connectivity index (χ2v) is 36.8. The van der Waals surface area contributed by atoms with E-state index in [0.29, 0.717) is 31.6 Å². The number of rotatable bonds is 86. The molecule has 17 nitrogen and oxygen atoms in total. The number of aliphatic hydroxyl groups is 1. The van der Waals surface area contributed by atoms with Gasteiger partial charge in [-0.1, -0.05) is 415 Å². The molecule has 642 valence electrons. The number of esters is 4. The van der Waals surface area contributed by atoms with Crippen molar-refractivity contribution in [3.63, 3.8) is 0 Å². The average molecular weight is 1580 g/mol. The Labute approximate surface area is 664 Å². The molecular weight excluding hydrogens is 1400 g/mol. The zero-order chi connectivity index (χ0) is 79.5. The Morgan fingerprint density at radius 1 is 0.231 bits per heavy atom. The third-order valence-corrected chi connectivity index (χ3v) is 22.7. The summed E-state index contributed by atoms with van der Waals surface area (Å²) in [4.78, 5) is 73.3. The second kappa shape index (κ2) is 77.6. The summed E-state index contributed by atoms with van der Waals surface area (Å²) in [7, 11) is -9.93. The van der Waals surface area contributed by atoms with E-state index < -0.39 is 97.5 Å². The van der Waals surface area contributed by atoms with E-state index in [1.165, 1.54) is 263 Å². The molecule has 0 bridgehead atoms. The van der Waals surface area contributed by atoms with E-state index in [-0.39, 0.29) is 25.7 Å². The quantitative estimate of drug-likeness (QED) is 0.0222. The Balaban J connectivity index is 5.19. The number of carbonyl (C=O) groups is 4. The minimum absolute atomic E-state index is 0.107. The molecule has 3 unspecified atom stereocenters. The van der Waals surface area contributed by atoms with Gasteiger partial charge in [0.15, 0.2) is 12.2 Å². The number of phosphoric acid groups is 2. The summed E-state index contributed by atoms with van der Waals surface area (Å²) in [5.74, 6) is 1.01. The number of hydrogen-bond donors (Lipinski definition) is 3. The molecule has 0 fully saturated rings. The standard InChI is InChI=1S/C89H174O17P2/c1-79(2)65-57-49-41-35-29-23-17-13-9-11-15-19-27-33-39-45-55-63-71-88(93)105-84(75-99-86(91)69-61-53-44-38-32-26-22-21-25-31-37-43-51-59-67-81(5)6)77-103-107(95,96)101-73-83(90)74-102-108(97,98)104-78-85(76-100-87(92)70-62-54-48-47-52-60-68-82(7)8)106-89(94)72-64-56-46-40-34-28-20-16-12-10-14-18-24-30-36-42-50-58-66-80(3)4/h79-85,90H,9-78H2,1-8H3,(H,95,96)(H,97,98)/t83?,84-,85-/m1/s1. The minimum Gasteiger partial charge on any atom is -0.462 e. The Morgan fingerprint density at radius 3 is 0.574 bits per heavy atom. The van der Waals surface area contributed by atoms with Crippen LogP contribution in [0.15, 0.2) is 0 Å². The summed E-state index contributed by atoms with van der Waals surface area (Å²) < 4.78 is 68.9. The minimum atomic E-state index is -4.97. The van der Waals surface area contributed by atoms with Crippen LogP contribution in [0.2, 0.25) is 0 Å². The fraction of sp³-hybridized carbons (Fsp3) is 0.955. The molecule has 0 aliphatic carbocycles. The first-order chi connectivity index (χ1) is 52.1. The first kappa shape index (κ1) is 106. The Morgan fingerprint density at radius 2 is 0.389 bits per heavy atom. The van der Waals surface area contributed by atoms with Crippen molar-refractivity contribution in [3.8, 4) is 0 Å². The maximum Gasteiger partial charge on any atom is 0.472 e. The molecule has 0 aliphatic heterocycles. The fourth-order valence-electron chi connectivity index (χ4n) is 13.8. The van der Waals surface area contributed by atoms with Crippen molar-refractivity contribution >= 4 is 39.5 Å². The van der Waals surface area contributed by atoms with Crippen molar-refractivity contribution in [3.05, 3.63) is 0 Å². The van der Waals surface area contributed by atoms with Crippen molar-refractivity contribution < 1.29 is 80.2 Å². The van der Waals surface area contributed by atoms with Gasteiger partial charge in [-0.3, -0.25) is 37.3 Å². The lowest BCUT2D eigenvalue weighted by Crippen LogP contribution is -2.30. The molecule has 0 aromatic carbocycles. The third kappa shape index (κ3) is 82.1. The van der Waals surface area contributed by atoms with E-state index in [1.807, 2.05) is 0 Å². The molecule has 0 heterocycles. The van der Waals surface area contributed by atoms with Crippen molar-refractivity contribution in [1.29, 1.82) is 0 Å². The summed E-state index contributed by atoms with van der Waals surface area (Å²) >= 11 is 0. The number of phosphoric ester groups is 2. The van der Waals surface area contributed by atoms with Gasteiger partial charge in [0.25, 0.3) is 0 Å². The smallest absolute Gasteiger partial charge is 0.462 e. The first-order valence-corrected chi connectivity index (χ1v) is 48.7. The van der Waals surface area contributed by atoms with Gasteiger partial charge in [0.05, 0.1) is 26.4 Å². The van der Waals surface area contributed by atoms with Gasteiger partial charge < -0.3 is 33.8 Å². The lowest BCUT2D eigenvalue weighted by atomic mass is 10.0. The van der Waals surface area contributed by atoms with Crippen LogP contribution in [-0.4, -0.2) is 96.7 Å². The van der Waals surface area contributed by atoms with Crippen molar-refractivity contribution in [2.24, 2.45) is 23.7 Å². The summed E-state index contributed by atoms with van der Waals surface area (Å²) in [5.41, 5.74) is 0. The third-order valence-electron chi connectivity index (χ3n) is 20.8. The highest BCUT2D eigenvalue weighted by molar-refractivity contribution is 7.47. The van der Waals surface area contributed by atoms with Crippen LogP contribution in [0, 0.1) is 23.7 Å². The van der Waals surface area contributed by atoms with E-state index in [0.717, 1.165) is 114 Å². The van der Waals surface area contributed by atoms with E-state index in [4.69, 9.17) is 37.0 Å². The van der Waals surface area contributed by atoms with Crippen LogP contribution in [0.25, 0.3) is 0 Å². The molecule has 108 heavy (non-hydrogen) atoms. The molecular formula is C89H174O17P2. The van der Waals surface area contributed by atoms with E-state index >= 15 is 0 Å². The van der Waals surface area contributed by atoms with Gasteiger partial charge in [-0.25, -0.2) is 9.13 Å². The molecule has 0 radical (unpaired) electrons. The maximum absolute atomic E-state index is 13.2. The number of carbonyl (C=O) groups excluding carboxylic acids is 4. The Bertz CT molecular complexity index is 2090. The Hall–Kier alpha value is -1.94. The summed E-state index contributed by atoms with van der Waals surface area (Å²) in [6.45, 7) is 14.3. The number of ether oxygens (including phenoxy) is 4. The molecule has 5 atom stereocenters. The molecule has 19 heteroatoms. The molecule has 0 aromatic heterocycles. The number of unbranched alkanes of at least 4 members (excludes halogenated alkanes) is 52. The van der Waals surface area contributed by atoms with Crippen molar-refractivity contribution in [1.82, 2.24) is 0 Å². The average Bonchev–Trinajstić information content (AvgIpc) is 0.898. The largest absolute Gasteiger partial charge is 0.472 e. The van der Waals surface area contributed by atoms with Crippen molar-refractivity contribution in [2.45, 2.75) is 485 Å². The highest BCUT2D eigenvalue weighted by Gasteiger charge is 2.31. The summed E-state index contributed by atoms with van der Waals surface area (Å²) in [6, 6.07) is 0. The van der Waals surface area contributed by atoms with E-state index in [2.05, 4.69) is 55.4 Å². The predicted molar refractivity (Wildman–Crippen MR) is 446 cm³/mol. The molecule has 0 spiro atoms. The molecule has 0 aliphatic rings. The van der Waals surface area contributed by atoms with E-state index in [9.17, 15) is 43.2 Å². The van der Waals surface area contributed by atoms with Gasteiger partial charge in [0, 0.05) is 25.7 Å². The lowest BCUT2D eigenvalue weighted by molar-refractivity contribution is -0.161. The van der Waals surface area contributed by atoms with Gasteiger partial charge in [-0.15, -0.1) is 0 Å². The first-order valence-electron chi connectivity index (χ1n) is 45.7. The van der Waals surface area contributed by atoms with Crippen molar-refractivity contribution in [2.75, 3.05) is 39.6 Å². The van der Waals surface area contributed by atoms with Crippen LogP contribution >= 0.6 is 15.6 Å². The zero-order valence-corrected chi connectivity index (χ0v) is 73.3. The highest BCUT2D eigenvalue weighted by Crippen LogP contribution is 2.45. The van der Waals surface area contributed by atoms with Gasteiger partial charge in [0.1, 0.15) is 19.3 Å². The van der Waals surface area contributed by atoms with Gasteiger partial charge in [-0.05, 0) is 49.4 Å². The lowest BCUT2D eigenvalue weighted by Gasteiger charge is -2.21. The molecule has 0 saturated carbocycles. The summed E-state index contributed by atoms with van der Waals surface area (Å²) in [5, 5.41) is 10.7. The second-order valence-electron chi connectivity index (χ2n) is 33.9. The van der Waals surface area contributed by atoms with Crippen LogP contribution in [0.1, 0.15) is 466 Å². The van der Waals surface area contributed by atoms with Crippen LogP contribution in [0.4, 0.5) is 0 Å². The Kier molecular flexibility index (Phi) is 76.2. The topological polar surface area (TPSA) is 237 Å². The fourth-order valence-corrected chi connectivity index (χ4v) is 15.4. The predicted octanol–water partition coefficient (Wildman–Crippen LogP) is 27.1. The molecule has 0 aromatic rings. The molecule has 0 saturated heterocycles. The van der Waals surface area contributed by atoms with Gasteiger partial charge in [-0.2, -0.15) is 0 Å². The molecule has 0 rings (SSSR count). The van der Waals surface area contributed by atoms with Gasteiger partial charge in [0.2, 0.25) is 0 Å². The van der Waals surface area contributed by atoms with Gasteiger partial charge >= 0.3 is 39.5 Å². The van der Waals surface area contributed by atoms with E-state index in [1.54, 1.807) is 0 Å². The van der Waals surface area contributed by atoms with Crippen LogP contribution < -0.4 is 0 Å². The van der Waals surface area contributed by atoms with Crippen LogP contribution in [-0.2, 0) is 65.4 Å². The zero-order valence-electron chi connectivity index (χ0n) is 71.5. The number of hydrogen-bond acceptors (Lipinski definition) is 15. The van der Waals surface area contributed by atoms with Crippen LogP contribution in [0.5, 0.6) is 0 Å². The van der Waals surface area contributed by atoms with Crippen LogP contribution in [0.3, 0.4) is 0 Å². The summed E-state index contributed by atoms with van der Waals surface area (Å²) in [6.07, 6.45) is 68.3. The number of aliphatic hydroxyl groups excluding tert-OH is 1. The normalized spacial score (nSPS) is 13.9. The maximum atomic E-state index is 13.2. The molecule has 3 N–H and O–H groups in total. The SMILES string of the molecule is CC(C)CCCCCCCCCCCCCCCCCCCCC(=O)O[C@H](COC(=O)CCCCCCCCCCCCCCCCC(C)C)COP(=O)(O)OCC(O)COP(=O)(O)OC[C@@H](COC(=O)CCCCCCCCC(C)C)OC(=O)CCCCCCCCCCCCCCCCCCCCC(C)C.